The molecule has 0 bridgehead atoms. The maximum absolute atomic E-state index is 4.71. The summed E-state index contributed by atoms with van der Waals surface area (Å²) in [7, 11) is 0. The molecule has 21 heavy (non-hydrogen) atoms. The van der Waals surface area contributed by atoms with E-state index in [1.54, 1.807) is 0 Å². The Labute approximate surface area is 129 Å². The summed E-state index contributed by atoms with van der Waals surface area (Å²) in [5.41, 5.74) is 1.20. The lowest BCUT2D eigenvalue weighted by molar-refractivity contribution is 0.377. The number of aromatic nitrogens is 2. The van der Waals surface area contributed by atoms with E-state index in [2.05, 4.69) is 36.0 Å². The molecule has 0 amide bonds. The second-order valence-corrected chi connectivity index (χ2v) is 6.21. The van der Waals surface area contributed by atoms with Gasteiger partial charge in [0.15, 0.2) is 0 Å². The third kappa shape index (κ3) is 4.08. The molecule has 1 aromatic rings. The molecular formula is C17H30N4. The van der Waals surface area contributed by atoms with Gasteiger partial charge in [-0.25, -0.2) is 9.97 Å². The van der Waals surface area contributed by atoms with Crippen LogP contribution in [0.1, 0.15) is 57.3 Å². The molecule has 0 aliphatic carbocycles. The van der Waals surface area contributed by atoms with Crippen molar-refractivity contribution >= 4 is 11.6 Å². The van der Waals surface area contributed by atoms with Gasteiger partial charge in [-0.05, 0) is 39.0 Å². The first kappa shape index (κ1) is 16.1. The predicted octanol–water partition coefficient (Wildman–Crippen LogP) is 3.93. The molecule has 1 aromatic heterocycles. The van der Waals surface area contributed by atoms with Gasteiger partial charge in [-0.15, -0.1) is 0 Å². The summed E-state index contributed by atoms with van der Waals surface area (Å²) < 4.78 is 0. The molecule has 1 saturated heterocycles. The molecule has 0 unspecified atom stereocenters. The molecule has 0 atom stereocenters. The van der Waals surface area contributed by atoms with Crippen LogP contribution in [0.25, 0.3) is 0 Å². The summed E-state index contributed by atoms with van der Waals surface area (Å²) in [6.07, 6.45) is 6.39. The summed E-state index contributed by atoms with van der Waals surface area (Å²) >= 11 is 0. The van der Waals surface area contributed by atoms with E-state index in [-0.39, 0.29) is 0 Å². The first-order valence-corrected chi connectivity index (χ1v) is 8.49. The number of piperidine rings is 1. The largest absolute Gasteiger partial charge is 0.370 e. The standard InChI is InChI=1S/C17H30N4/c1-5-7-15-8-11-21(12-9-15)17-13(3)16(18-10-6-2)19-14(4)20-17/h15H,5-12H2,1-4H3,(H,18,19,20). The number of hydrogen-bond acceptors (Lipinski definition) is 4. The first-order chi connectivity index (χ1) is 10.2. The van der Waals surface area contributed by atoms with Crippen molar-refractivity contribution in [1.82, 2.24) is 9.97 Å². The molecule has 0 saturated carbocycles. The third-order valence-corrected chi connectivity index (χ3v) is 4.39. The van der Waals surface area contributed by atoms with Crippen molar-refractivity contribution < 1.29 is 0 Å². The van der Waals surface area contributed by atoms with Crippen molar-refractivity contribution in [3.63, 3.8) is 0 Å². The molecule has 0 radical (unpaired) electrons. The maximum Gasteiger partial charge on any atom is 0.137 e. The van der Waals surface area contributed by atoms with E-state index in [9.17, 15) is 0 Å². The van der Waals surface area contributed by atoms with Gasteiger partial charge in [-0.3, -0.25) is 0 Å². The fourth-order valence-electron chi connectivity index (χ4n) is 3.18. The fourth-order valence-corrected chi connectivity index (χ4v) is 3.18. The van der Waals surface area contributed by atoms with Crippen LogP contribution in [0.5, 0.6) is 0 Å². The zero-order valence-electron chi connectivity index (χ0n) is 14.1. The summed E-state index contributed by atoms with van der Waals surface area (Å²) in [4.78, 5) is 11.7. The van der Waals surface area contributed by atoms with Gasteiger partial charge in [0.05, 0.1) is 0 Å². The SMILES string of the molecule is CCCNc1nc(C)nc(N2CCC(CCC)CC2)c1C. The normalized spacial score (nSPS) is 16.3. The Morgan fingerprint density at radius 3 is 2.43 bits per heavy atom. The summed E-state index contributed by atoms with van der Waals surface area (Å²) in [5, 5.41) is 3.43. The van der Waals surface area contributed by atoms with Gasteiger partial charge in [-0.1, -0.05) is 26.7 Å². The zero-order chi connectivity index (χ0) is 15.2. The number of rotatable bonds is 6. The van der Waals surface area contributed by atoms with Crippen molar-refractivity contribution in [2.45, 2.75) is 59.8 Å². The summed E-state index contributed by atoms with van der Waals surface area (Å²) in [5.74, 6) is 3.92. The molecule has 1 aliphatic heterocycles. The van der Waals surface area contributed by atoms with Gasteiger partial charge >= 0.3 is 0 Å². The Kier molecular flexibility index (Phi) is 5.83. The molecule has 0 spiro atoms. The fraction of sp³-hybridized carbons (Fsp3) is 0.765. The molecule has 1 fully saturated rings. The number of aryl methyl sites for hydroxylation is 1. The monoisotopic (exact) mass is 290 g/mol. The van der Waals surface area contributed by atoms with Crippen LogP contribution in [0.3, 0.4) is 0 Å². The van der Waals surface area contributed by atoms with Crippen LogP contribution in [-0.2, 0) is 0 Å². The Morgan fingerprint density at radius 2 is 1.81 bits per heavy atom. The average molecular weight is 290 g/mol. The second kappa shape index (κ2) is 7.62. The highest BCUT2D eigenvalue weighted by Crippen LogP contribution is 2.29. The van der Waals surface area contributed by atoms with E-state index in [1.165, 1.54) is 31.2 Å². The van der Waals surface area contributed by atoms with Crippen LogP contribution in [0.4, 0.5) is 11.6 Å². The average Bonchev–Trinajstić information content (AvgIpc) is 2.49. The molecule has 0 aromatic carbocycles. The van der Waals surface area contributed by atoms with E-state index < -0.39 is 0 Å². The molecule has 1 N–H and O–H groups in total. The van der Waals surface area contributed by atoms with Gasteiger partial charge in [-0.2, -0.15) is 0 Å². The van der Waals surface area contributed by atoms with Crippen LogP contribution in [0.15, 0.2) is 0 Å². The summed E-state index contributed by atoms with van der Waals surface area (Å²) in [6.45, 7) is 11.8. The van der Waals surface area contributed by atoms with Crippen molar-refractivity contribution in [2.24, 2.45) is 5.92 Å². The maximum atomic E-state index is 4.71. The number of nitrogens with zero attached hydrogens (tertiary/aromatic N) is 3. The van der Waals surface area contributed by atoms with Crippen LogP contribution >= 0.6 is 0 Å². The van der Waals surface area contributed by atoms with Crippen molar-refractivity contribution in [3.05, 3.63) is 11.4 Å². The Balaban J connectivity index is 2.11. The summed E-state index contributed by atoms with van der Waals surface area (Å²) in [6, 6.07) is 0. The minimum absolute atomic E-state index is 0.866. The minimum Gasteiger partial charge on any atom is -0.370 e. The zero-order valence-corrected chi connectivity index (χ0v) is 14.1. The van der Waals surface area contributed by atoms with Crippen LogP contribution < -0.4 is 10.2 Å². The Morgan fingerprint density at radius 1 is 1.10 bits per heavy atom. The van der Waals surface area contributed by atoms with Crippen LogP contribution in [-0.4, -0.2) is 29.6 Å². The molecule has 4 nitrogen and oxygen atoms in total. The van der Waals surface area contributed by atoms with Gasteiger partial charge in [0, 0.05) is 25.2 Å². The highest BCUT2D eigenvalue weighted by Gasteiger charge is 2.22. The van der Waals surface area contributed by atoms with Crippen LogP contribution in [0.2, 0.25) is 0 Å². The highest BCUT2D eigenvalue weighted by molar-refractivity contribution is 5.58. The van der Waals surface area contributed by atoms with Crippen molar-refractivity contribution in [3.8, 4) is 0 Å². The molecule has 2 rings (SSSR count). The van der Waals surface area contributed by atoms with E-state index in [0.29, 0.717) is 0 Å². The van der Waals surface area contributed by atoms with Crippen LogP contribution in [0, 0.1) is 19.8 Å². The highest BCUT2D eigenvalue weighted by atomic mass is 15.2. The molecule has 118 valence electrons. The molecule has 2 heterocycles. The molecule has 4 heteroatoms. The Bertz CT molecular complexity index is 450. The van der Waals surface area contributed by atoms with Crippen molar-refractivity contribution in [1.29, 1.82) is 0 Å². The van der Waals surface area contributed by atoms with E-state index in [1.807, 2.05) is 6.92 Å². The first-order valence-electron chi connectivity index (χ1n) is 8.49. The van der Waals surface area contributed by atoms with E-state index in [0.717, 1.165) is 49.4 Å². The predicted molar refractivity (Wildman–Crippen MR) is 90.1 cm³/mol. The lowest BCUT2D eigenvalue weighted by Gasteiger charge is -2.34. The minimum atomic E-state index is 0.866. The Hall–Kier alpha value is -1.32. The second-order valence-electron chi connectivity index (χ2n) is 6.21. The van der Waals surface area contributed by atoms with Gasteiger partial charge < -0.3 is 10.2 Å². The quantitative estimate of drug-likeness (QED) is 0.862. The third-order valence-electron chi connectivity index (χ3n) is 4.39. The van der Waals surface area contributed by atoms with E-state index in [4.69, 9.17) is 4.98 Å². The molecule has 1 aliphatic rings. The lowest BCUT2D eigenvalue weighted by atomic mass is 9.92. The molecular weight excluding hydrogens is 260 g/mol. The van der Waals surface area contributed by atoms with E-state index >= 15 is 0 Å². The topological polar surface area (TPSA) is 41.1 Å². The smallest absolute Gasteiger partial charge is 0.137 e. The lowest BCUT2D eigenvalue weighted by Crippen LogP contribution is -2.35. The number of nitrogens with one attached hydrogen (secondary N) is 1. The number of hydrogen-bond donors (Lipinski definition) is 1. The van der Waals surface area contributed by atoms with Crippen molar-refractivity contribution in [2.75, 3.05) is 29.9 Å². The van der Waals surface area contributed by atoms with Gasteiger partial charge in [0.2, 0.25) is 0 Å². The van der Waals surface area contributed by atoms with Gasteiger partial charge in [0.1, 0.15) is 17.5 Å². The van der Waals surface area contributed by atoms with Gasteiger partial charge in [0.25, 0.3) is 0 Å². The number of anilines is 2.